The van der Waals surface area contributed by atoms with E-state index in [-0.39, 0.29) is 5.91 Å². The third kappa shape index (κ3) is 2.80. The summed E-state index contributed by atoms with van der Waals surface area (Å²) in [7, 11) is 0. The fourth-order valence-corrected chi connectivity index (χ4v) is 2.28. The smallest absolute Gasteiger partial charge is 0.254 e. The van der Waals surface area contributed by atoms with Crippen molar-refractivity contribution in [3.63, 3.8) is 0 Å². The first kappa shape index (κ1) is 12.4. The first-order chi connectivity index (χ1) is 8.13. The quantitative estimate of drug-likeness (QED) is 0.868. The first-order valence-corrected chi connectivity index (χ1v) is 6.78. The van der Waals surface area contributed by atoms with Crippen molar-refractivity contribution in [1.29, 1.82) is 0 Å². The van der Waals surface area contributed by atoms with E-state index in [4.69, 9.17) is 5.73 Å². The fourth-order valence-electron chi connectivity index (χ4n) is 1.90. The third-order valence-corrected chi connectivity index (χ3v) is 3.65. The number of halogens is 1. The number of nitrogens with two attached hydrogens (primary N) is 1. The minimum absolute atomic E-state index is 0.120. The lowest BCUT2D eigenvalue weighted by Gasteiger charge is -2.22. The second-order valence-electron chi connectivity index (χ2n) is 4.47. The van der Waals surface area contributed by atoms with Gasteiger partial charge >= 0.3 is 0 Å². The largest absolute Gasteiger partial charge is 0.398 e. The molecule has 0 unspecified atom stereocenters. The lowest BCUT2D eigenvalue weighted by Crippen LogP contribution is -2.33. The van der Waals surface area contributed by atoms with Crippen molar-refractivity contribution in [2.45, 2.75) is 32.2 Å². The molecular weight excluding hydrogens is 280 g/mol. The van der Waals surface area contributed by atoms with E-state index < -0.39 is 0 Å². The summed E-state index contributed by atoms with van der Waals surface area (Å²) in [5.41, 5.74) is 7.10. The van der Waals surface area contributed by atoms with Crippen LogP contribution in [0.4, 0.5) is 5.69 Å². The van der Waals surface area contributed by atoms with Crippen molar-refractivity contribution in [2.75, 3.05) is 12.3 Å². The SMILES string of the molecule is CCCN(C(=O)c1ccc(N)c(Br)c1)C1CC1. The Bertz CT molecular complexity index is 429. The minimum atomic E-state index is 0.120. The predicted molar refractivity (Wildman–Crippen MR) is 72.9 cm³/mol. The van der Waals surface area contributed by atoms with Crippen LogP contribution in [-0.4, -0.2) is 23.4 Å². The summed E-state index contributed by atoms with van der Waals surface area (Å²) in [5, 5.41) is 0. The Morgan fingerprint density at radius 1 is 1.53 bits per heavy atom. The maximum atomic E-state index is 12.3. The molecule has 0 saturated heterocycles. The summed E-state index contributed by atoms with van der Waals surface area (Å²) < 4.78 is 0.788. The van der Waals surface area contributed by atoms with Gasteiger partial charge in [0.25, 0.3) is 5.91 Å². The Labute approximate surface area is 110 Å². The van der Waals surface area contributed by atoms with Crippen molar-refractivity contribution >= 4 is 27.5 Å². The van der Waals surface area contributed by atoms with Crippen molar-refractivity contribution in [3.8, 4) is 0 Å². The molecule has 92 valence electrons. The molecule has 1 aromatic rings. The predicted octanol–water partition coefficient (Wildman–Crippen LogP) is 3.05. The number of rotatable bonds is 4. The van der Waals surface area contributed by atoms with Gasteiger partial charge < -0.3 is 10.6 Å². The summed E-state index contributed by atoms with van der Waals surface area (Å²) >= 11 is 3.36. The van der Waals surface area contributed by atoms with Gasteiger partial charge in [0.05, 0.1) is 0 Å². The van der Waals surface area contributed by atoms with E-state index in [1.54, 1.807) is 12.1 Å². The average Bonchev–Trinajstić information content (AvgIpc) is 3.13. The third-order valence-electron chi connectivity index (χ3n) is 2.96. The van der Waals surface area contributed by atoms with Gasteiger partial charge in [0, 0.05) is 28.3 Å². The van der Waals surface area contributed by atoms with Crippen LogP contribution in [0.3, 0.4) is 0 Å². The number of nitrogens with zero attached hydrogens (tertiary/aromatic N) is 1. The Kier molecular flexibility index (Phi) is 3.72. The van der Waals surface area contributed by atoms with Crippen LogP contribution in [0.5, 0.6) is 0 Å². The summed E-state index contributed by atoms with van der Waals surface area (Å²) in [6.07, 6.45) is 3.28. The number of nitrogen functional groups attached to an aromatic ring is 1. The number of amides is 1. The number of benzene rings is 1. The van der Waals surface area contributed by atoms with Crippen LogP contribution < -0.4 is 5.73 Å². The van der Waals surface area contributed by atoms with Gasteiger partial charge in [-0.05, 0) is 53.4 Å². The Hall–Kier alpha value is -1.03. The number of carbonyl (C=O) groups is 1. The molecule has 3 nitrogen and oxygen atoms in total. The number of hydrogen-bond acceptors (Lipinski definition) is 2. The molecule has 0 radical (unpaired) electrons. The topological polar surface area (TPSA) is 46.3 Å². The van der Waals surface area contributed by atoms with Crippen LogP contribution in [-0.2, 0) is 0 Å². The molecule has 1 fully saturated rings. The standard InChI is InChI=1S/C13H17BrN2O/c1-2-7-16(10-4-5-10)13(17)9-3-6-12(15)11(14)8-9/h3,6,8,10H,2,4-5,7,15H2,1H3. The zero-order valence-corrected chi connectivity index (χ0v) is 11.5. The molecule has 0 bridgehead atoms. The lowest BCUT2D eigenvalue weighted by molar-refractivity contribution is 0.0743. The van der Waals surface area contributed by atoms with Crippen LogP contribution in [0.1, 0.15) is 36.5 Å². The van der Waals surface area contributed by atoms with Crippen LogP contribution in [0.15, 0.2) is 22.7 Å². The zero-order valence-electron chi connectivity index (χ0n) is 9.95. The molecule has 0 heterocycles. The molecule has 2 N–H and O–H groups in total. The molecule has 4 heteroatoms. The molecule has 0 spiro atoms. The van der Waals surface area contributed by atoms with Gasteiger partial charge in [0.15, 0.2) is 0 Å². The Morgan fingerprint density at radius 3 is 2.76 bits per heavy atom. The van der Waals surface area contributed by atoms with E-state index in [2.05, 4.69) is 22.9 Å². The van der Waals surface area contributed by atoms with Gasteiger partial charge in [-0.2, -0.15) is 0 Å². The zero-order chi connectivity index (χ0) is 12.4. The minimum Gasteiger partial charge on any atom is -0.398 e. The summed E-state index contributed by atoms with van der Waals surface area (Å²) in [5.74, 6) is 0.120. The fraction of sp³-hybridized carbons (Fsp3) is 0.462. The molecule has 1 amide bonds. The van der Waals surface area contributed by atoms with Gasteiger partial charge in [0.1, 0.15) is 0 Å². The normalized spacial score (nSPS) is 14.7. The second-order valence-corrected chi connectivity index (χ2v) is 5.32. The Balaban J connectivity index is 2.19. The number of anilines is 1. The molecule has 0 atom stereocenters. The molecule has 0 aromatic heterocycles. The van der Waals surface area contributed by atoms with Gasteiger partial charge in [-0.1, -0.05) is 6.92 Å². The van der Waals surface area contributed by atoms with E-state index in [9.17, 15) is 4.79 Å². The molecular formula is C13H17BrN2O. The second kappa shape index (κ2) is 5.08. The highest BCUT2D eigenvalue weighted by molar-refractivity contribution is 9.10. The molecule has 0 aliphatic heterocycles. The molecule has 1 saturated carbocycles. The highest BCUT2D eigenvalue weighted by Gasteiger charge is 2.32. The van der Waals surface area contributed by atoms with Crippen LogP contribution in [0, 0.1) is 0 Å². The van der Waals surface area contributed by atoms with E-state index in [1.807, 2.05) is 11.0 Å². The Morgan fingerprint density at radius 2 is 2.24 bits per heavy atom. The molecule has 1 aliphatic carbocycles. The lowest BCUT2D eigenvalue weighted by atomic mass is 10.1. The van der Waals surface area contributed by atoms with Crippen LogP contribution in [0.25, 0.3) is 0 Å². The van der Waals surface area contributed by atoms with E-state index in [0.717, 1.165) is 30.3 Å². The average molecular weight is 297 g/mol. The highest BCUT2D eigenvalue weighted by atomic mass is 79.9. The van der Waals surface area contributed by atoms with Crippen molar-refractivity contribution in [2.24, 2.45) is 0 Å². The van der Waals surface area contributed by atoms with Gasteiger partial charge in [-0.15, -0.1) is 0 Å². The van der Waals surface area contributed by atoms with E-state index in [0.29, 0.717) is 17.3 Å². The summed E-state index contributed by atoms with van der Waals surface area (Å²) in [4.78, 5) is 14.3. The number of hydrogen-bond donors (Lipinski definition) is 1. The highest BCUT2D eigenvalue weighted by Crippen LogP contribution is 2.29. The maximum absolute atomic E-state index is 12.3. The first-order valence-electron chi connectivity index (χ1n) is 5.99. The van der Waals surface area contributed by atoms with Crippen LogP contribution in [0.2, 0.25) is 0 Å². The van der Waals surface area contributed by atoms with Crippen LogP contribution >= 0.6 is 15.9 Å². The maximum Gasteiger partial charge on any atom is 0.254 e. The summed E-state index contributed by atoms with van der Waals surface area (Å²) in [6, 6.07) is 5.84. The summed E-state index contributed by atoms with van der Waals surface area (Å²) in [6.45, 7) is 2.94. The van der Waals surface area contributed by atoms with Gasteiger partial charge in [-0.25, -0.2) is 0 Å². The molecule has 17 heavy (non-hydrogen) atoms. The van der Waals surface area contributed by atoms with Crippen molar-refractivity contribution in [3.05, 3.63) is 28.2 Å². The van der Waals surface area contributed by atoms with Gasteiger partial charge in [0.2, 0.25) is 0 Å². The molecule has 1 aromatic carbocycles. The van der Waals surface area contributed by atoms with Gasteiger partial charge in [-0.3, -0.25) is 4.79 Å². The van der Waals surface area contributed by atoms with E-state index >= 15 is 0 Å². The van der Waals surface area contributed by atoms with Crippen molar-refractivity contribution < 1.29 is 4.79 Å². The number of carbonyl (C=O) groups excluding carboxylic acids is 1. The molecule has 2 rings (SSSR count). The van der Waals surface area contributed by atoms with Crippen molar-refractivity contribution in [1.82, 2.24) is 4.90 Å². The monoisotopic (exact) mass is 296 g/mol. The van der Waals surface area contributed by atoms with E-state index in [1.165, 1.54) is 0 Å². The molecule has 1 aliphatic rings.